The van der Waals surface area contributed by atoms with E-state index in [0.717, 1.165) is 70.6 Å². The molecular weight excluding hydrogens is 1160 g/mol. The summed E-state index contributed by atoms with van der Waals surface area (Å²) in [4.78, 5) is 67.6. The molecule has 15 atom stereocenters. The highest BCUT2D eigenvalue weighted by molar-refractivity contribution is 5.81. The minimum atomic E-state index is -1.21. The number of nitrogens with one attached hydrogen (secondary N) is 4. The van der Waals surface area contributed by atoms with Gasteiger partial charge >= 0.3 is 0 Å². The lowest BCUT2D eigenvalue weighted by Gasteiger charge is -2.40. The second kappa shape index (κ2) is 46.1. The topological polar surface area (TPSA) is 380 Å². The van der Waals surface area contributed by atoms with Crippen molar-refractivity contribution in [3.8, 4) is 0 Å². The monoisotopic (exact) mass is 1280 g/mol. The first-order valence-corrected chi connectivity index (χ1v) is 33.6. The van der Waals surface area contributed by atoms with Crippen molar-refractivity contribution in [1.29, 1.82) is 0 Å². The van der Waals surface area contributed by atoms with Gasteiger partial charge in [-0.2, -0.15) is 0 Å². The molecule has 3 heterocycles. The fourth-order valence-electron chi connectivity index (χ4n) is 11.3. The minimum Gasteiger partial charge on any atom is -0.394 e. The molecule has 3 aliphatic heterocycles. The van der Waals surface area contributed by atoms with E-state index in [9.17, 15) is 69.9 Å². The Labute approximate surface area is 529 Å². The smallest absolute Gasteiger partial charge is 0.220 e. The molecule has 6 unspecified atom stereocenters. The van der Waals surface area contributed by atoms with Crippen molar-refractivity contribution < 1.29 is 103 Å². The molecule has 89 heavy (non-hydrogen) atoms. The lowest BCUT2D eigenvalue weighted by molar-refractivity contribution is -0.282. The molecule has 0 radical (unpaired) electrons. The number of amides is 4. The molecule has 13 N–H and O–H groups in total. The summed E-state index contributed by atoms with van der Waals surface area (Å²) in [6.45, 7) is 10.8. The predicted octanol–water partition coefficient (Wildman–Crippen LogP) is 2.99. The molecule has 0 spiro atoms. The Balaban J connectivity index is 1.60. The maximum Gasteiger partial charge on any atom is 0.220 e. The SMILES string of the molecule is CC(C)OCCCCCCNC(=O)CCCC(=O)NC(CCC(=O)CCCCCCCO[C@@H]1OC(CO)[C@H](O)[C@H](O)C1C)(CCC(=O)NCCCCCCO[C@@H]1OC(CO)[C@H](O)[C@H](O)C1C)CCC(=O)NCCCCCCO[C@@H]1OC(CO)[C@H](O)[C@H](O)C1C. The van der Waals surface area contributed by atoms with Crippen LogP contribution < -0.4 is 21.3 Å². The van der Waals surface area contributed by atoms with E-state index in [4.69, 9.17) is 33.2 Å². The summed E-state index contributed by atoms with van der Waals surface area (Å²) in [5.41, 5.74) is -1.12. The molecule has 0 aliphatic carbocycles. The van der Waals surface area contributed by atoms with Crippen LogP contribution in [0, 0.1) is 17.8 Å². The quantitative estimate of drug-likeness (QED) is 0.0389. The number of hydrogen-bond donors (Lipinski definition) is 13. The molecule has 3 aliphatic rings. The van der Waals surface area contributed by atoms with Crippen molar-refractivity contribution in [2.45, 2.75) is 293 Å². The van der Waals surface area contributed by atoms with Crippen LogP contribution in [0.25, 0.3) is 0 Å². The van der Waals surface area contributed by atoms with Gasteiger partial charge in [0.25, 0.3) is 0 Å². The standard InChI is InChI=1S/C64H118N4O21/c1-43(2)83-36-19-12-8-16-33-65-51(73)25-23-26-54(76)68-64(30-27-47(72)24-15-7-6-11-20-37-84-61-44(3)55(77)58(80)48(40-69)87-61,31-28-52(74)66-34-17-9-13-21-38-85-62-45(4)56(78)59(81)49(41-70)88-62)32-29-53(75)67-35-18-10-14-22-39-86-63-46(5)57(79)60(82)50(42-71)89-63/h43-46,48-50,55-63,69-71,77-82H,6-42H2,1-5H3,(H,65,73)(H,66,74)(H,67,75)(H,68,76)/t44?,45?,46?,48?,49?,50?,55-,56-,57-,58+,59+,60+,61-,62-,63-,64?/m1/s1. The van der Waals surface area contributed by atoms with Crippen molar-refractivity contribution in [1.82, 2.24) is 21.3 Å². The van der Waals surface area contributed by atoms with E-state index >= 15 is 0 Å². The van der Waals surface area contributed by atoms with E-state index in [1.807, 2.05) is 13.8 Å². The summed E-state index contributed by atoms with van der Waals surface area (Å²) in [5, 5.41) is 102. The summed E-state index contributed by atoms with van der Waals surface area (Å²) < 4.78 is 40.1. The summed E-state index contributed by atoms with van der Waals surface area (Å²) in [6.07, 6.45) is 2.78. The number of rotatable bonds is 50. The van der Waals surface area contributed by atoms with Crippen LogP contribution in [0.3, 0.4) is 0 Å². The Hall–Kier alpha value is -3.09. The average molecular weight is 1280 g/mol. The molecule has 4 amide bonds. The summed E-state index contributed by atoms with van der Waals surface area (Å²) in [6, 6.07) is 0. The predicted molar refractivity (Wildman–Crippen MR) is 329 cm³/mol. The molecule has 520 valence electrons. The highest BCUT2D eigenvalue weighted by atomic mass is 16.7. The summed E-state index contributed by atoms with van der Waals surface area (Å²) in [7, 11) is 0. The maximum atomic E-state index is 14.0. The van der Waals surface area contributed by atoms with Crippen molar-refractivity contribution in [3.05, 3.63) is 0 Å². The van der Waals surface area contributed by atoms with Crippen molar-refractivity contribution in [3.63, 3.8) is 0 Å². The van der Waals surface area contributed by atoms with Crippen LogP contribution in [0.4, 0.5) is 0 Å². The number of aliphatic hydroxyl groups excluding tert-OH is 9. The average Bonchev–Trinajstić information content (AvgIpc) is 2.55. The molecule has 3 fully saturated rings. The van der Waals surface area contributed by atoms with E-state index in [0.29, 0.717) is 91.0 Å². The summed E-state index contributed by atoms with van der Waals surface area (Å²) in [5.74, 6) is -2.49. The van der Waals surface area contributed by atoms with Gasteiger partial charge in [-0.15, -0.1) is 0 Å². The van der Waals surface area contributed by atoms with Crippen LogP contribution in [0.15, 0.2) is 0 Å². The van der Waals surface area contributed by atoms with Crippen LogP contribution >= 0.6 is 0 Å². The van der Waals surface area contributed by atoms with Gasteiger partial charge in [0.15, 0.2) is 18.9 Å². The zero-order valence-corrected chi connectivity index (χ0v) is 54.3. The number of hydrogen-bond acceptors (Lipinski definition) is 21. The molecule has 3 rings (SSSR count). The number of ketones is 1. The fourth-order valence-corrected chi connectivity index (χ4v) is 11.3. The second-order valence-corrected chi connectivity index (χ2v) is 25.3. The highest BCUT2D eigenvalue weighted by Crippen LogP contribution is 2.31. The second-order valence-electron chi connectivity index (χ2n) is 25.3. The molecule has 0 aromatic rings. The van der Waals surface area contributed by atoms with Crippen LogP contribution in [0.1, 0.15) is 208 Å². The van der Waals surface area contributed by atoms with Crippen LogP contribution in [-0.4, -0.2) is 227 Å². The molecule has 25 heteroatoms. The molecular formula is C64H118N4O21. The van der Waals surface area contributed by atoms with Gasteiger partial charge < -0.3 is 100 Å². The van der Waals surface area contributed by atoms with Gasteiger partial charge in [0.1, 0.15) is 42.4 Å². The number of Topliss-reactive ketones (excluding diaryl/α,β-unsaturated/α-hetero) is 1. The van der Waals surface area contributed by atoms with E-state index in [1.165, 1.54) is 0 Å². The molecule has 0 aromatic carbocycles. The Morgan fingerprint density at radius 3 is 1.10 bits per heavy atom. The van der Waals surface area contributed by atoms with Crippen LogP contribution in [-0.2, 0) is 57.1 Å². The van der Waals surface area contributed by atoms with E-state index in [2.05, 4.69) is 21.3 Å². The Morgan fingerprint density at radius 2 is 0.719 bits per heavy atom. The normalized spacial score (nSPS) is 27.9. The highest BCUT2D eigenvalue weighted by Gasteiger charge is 2.45. The zero-order valence-electron chi connectivity index (χ0n) is 54.3. The van der Waals surface area contributed by atoms with E-state index in [-0.39, 0.29) is 93.3 Å². The zero-order chi connectivity index (χ0) is 65.6. The first-order chi connectivity index (χ1) is 42.7. The molecule has 0 bridgehead atoms. The Kier molecular flexibility index (Phi) is 41.5. The first kappa shape index (κ1) is 80.1. The minimum absolute atomic E-state index is 0.00609. The van der Waals surface area contributed by atoms with E-state index in [1.54, 1.807) is 20.8 Å². The van der Waals surface area contributed by atoms with E-state index < -0.39 is 117 Å². The third-order valence-corrected chi connectivity index (χ3v) is 17.4. The molecule has 0 saturated carbocycles. The number of aliphatic hydroxyl groups is 9. The number of carbonyl (C=O) groups excluding carboxylic acids is 5. The van der Waals surface area contributed by atoms with Gasteiger partial charge in [-0.3, -0.25) is 24.0 Å². The third-order valence-electron chi connectivity index (χ3n) is 17.4. The Bertz CT molecular complexity index is 1760. The van der Waals surface area contributed by atoms with Crippen molar-refractivity contribution >= 4 is 29.4 Å². The van der Waals surface area contributed by atoms with Gasteiger partial charge in [-0.05, 0) is 90.9 Å². The molecule has 25 nitrogen and oxygen atoms in total. The number of ether oxygens (including phenoxy) is 7. The molecule has 3 saturated heterocycles. The summed E-state index contributed by atoms with van der Waals surface area (Å²) >= 11 is 0. The number of carbonyl (C=O) groups is 5. The van der Waals surface area contributed by atoms with Crippen molar-refractivity contribution in [2.75, 3.05) is 65.9 Å². The fraction of sp³-hybridized carbons (Fsp3) is 0.922. The van der Waals surface area contributed by atoms with Gasteiger partial charge in [0.2, 0.25) is 23.6 Å². The largest absolute Gasteiger partial charge is 0.394 e. The maximum absolute atomic E-state index is 14.0. The van der Waals surface area contributed by atoms with Gasteiger partial charge in [0.05, 0.1) is 44.2 Å². The third kappa shape index (κ3) is 31.6. The number of unbranched alkanes of at least 4 members (excludes halogenated alkanes) is 13. The van der Waals surface area contributed by atoms with Crippen molar-refractivity contribution in [2.24, 2.45) is 17.8 Å². The van der Waals surface area contributed by atoms with Gasteiger partial charge in [0, 0.05) is 108 Å². The molecule has 0 aromatic heterocycles. The Morgan fingerprint density at radius 1 is 0.393 bits per heavy atom. The lowest BCUT2D eigenvalue weighted by atomic mass is 9.82. The van der Waals surface area contributed by atoms with Gasteiger partial charge in [-0.1, -0.05) is 78.6 Å². The van der Waals surface area contributed by atoms with Crippen LogP contribution in [0.5, 0.6) is 0 Å². The van der Waals surface area contributed by atoms with Crippen LogP contribution in [0.2, 0.25) is 0 Å². The lowest BCUT2D eigenvalue weighted by Crippen LogP contribution is -2.55. The van der Waals surface area contributed by atoms with Gasteiger partial charge in [-0.25, -0.2) is 0 Å². The first-order valence-electron chi connectivity index (χ1n) is 33.6.